The van der Waals surface area contributed by atoms with Crippen molar-refractivity contribution in [1.29, 1.82) is 0 Å². The van der Waals surface area contributed by atoms with E-state index >= 15 is 0 Å². The Kier molecular flexibility index (Phi) is 40.2. The summed E-state index contributed by atoms with van der Waals surface area (Å²) in [6.45, 7) is 4.12. The lowest BCUT2D eigenvalue weighted by Gasteiger charge is -2.19. The Labute approximate surface area is 331 Å². The fraction of sp³-hybridized carbons (Fsp3) is 0.711. The van der Waals surface area contributed by atoms with Crippen molar-refractivity contribution in [1.82, 2.24) is 0 Å². The maximum atomic E-state index is 12.5. The van der Waals surface area contributed by atoms with Crippen molar-refractivity contribution >= 4 is 13.8 Å². The van der Waals surface area contributed by atoms with Crippen molar-refractivity contribution in [3.8, 4) is 0 Å². The van der Waals surface area contributed by atoms with Gasteiger partial charge in [0.1, 0.15) is 6.61 Å². The molecule has 2 atom stereocenters. The monoisotopic (exact) mass is 778 g/mol. The van der Waals surface area contributed by atoms with Crippen molar-refractivity contribution < 1.29 is 32.8 Å². The number of nitrogens with two attached hydrogens (primary N) is 1. The number of hydrogen-bond donors (Lipinski definition) is 2. The van der Waals surface area contributed by atoms with E-state index < -0.39 is 19.9 Å². The molecule has 0 aromatic heterocycles. The number of rotatable bonds is 40. The zero-order chi connectivity index (χ0) is 39.5. The topological polar surface area (TPSA) is 117 Å². The normalized spacial score (nSPS) is 14.1. The van der Waals surface area contributed by atoms with Crippen LogP contribution in [0.5, 0.6) is 0 Å². The van der Waals surface area contributed by atoms with Gasteiger partial charge >= 0.3 is 13.8 Å². The molecule has 3 N–H and O–H groups in total. The molecule has 0 saturated heterocycles. The van der Waals surface area contributed by atoms with Crippen molar-refractivity contribution in [2.75, 3.05) is 26.4 Å². The molecule has 0 fully saturated rings. The number of carbonyl (C=O) groups excluding carboxylic acids is 1. The molecule has 0 aliphatic rings. The van der Waals surface area contributed by atoms with Gasteiger partial charge in [-0.2, -0.15) is 0 Å². The van der Waals surface area contributed by atoms with Crippen molar-refractivity contribution in [3.63, 3.8) is 0 Å². The zero-order valence-corrected chi connectivity index (χ0v) is 35.3. The number of hydrogen-bond acceptors (Lipinski definition) is 7. The maximum Gasteiger partial charge on any atom is 0.472 e. The molecule has 8 nitrogen and oxygen atoms in total. The zero-order valence-electron chi connectivity index (χ0n) is 34.4. The first-order valence-electron chi connectivity index (χ1n) is 21.5. The predicted octanol–water partition coefficient (Wildman–Crippen LogP) is 13.1. The van der Waals surface area contributed by atoms with Crippen LogP contribution in [0.15, 0.2) is 73.1 Å². The Morgan fingerprint density at radius 2 is 1.00 bits per heavy atom. The minimum atomic E-state index is -4.31. The third-order valence-corrected chi connectivity index (χ3v) is 9.69. The summed E-state index contributed by atoms with van der Waals surface area (Å²) in [5.41, 5.74) is 5.35. The van der Waals surface area contributed by atoms with Gasteiger partial charge in [-0.15, -0.1) is 0 Å². The summed E-state index contributed by atoms with van der Waals surface area (Å²) in [7, 11) is -4.31. The van der Waals surface area contributed by atoms with Gasteiger partial charge in [-0.05, 0) is 63.9 Å². The third-order valence-electron chi connectivity index (χ3n) is 8.70. The maximum absolute atomic E-state index is 12.5. The number of ether oxygens (including phenoxy) is 2. The molecule has 0 rings (SSSR count). The highest BCUT2D eigenvalue weighted by atomic mass is 31.2. The standard InChI is InChI=1S/C45H80NO7P/c1-3-5-7-9-11-13-15-17-19-21-22-23-24-26-28-30-32-34-36-38-45(47)53-44(43-52-54(48,49)51-41-39-46)42-50-40-37-35-33-31-29-27-25-20-18-16-14-12-10-8-6-4-2/h11,13,17,19,22-23,26,28,32,34,37,40,44H,3-10,12,14-16,18,20-21,24-25,27,29-31,33,35-36,38-39,41-43,46H2,1-2H3,(H,48,49)/t44-/m1/s1. The lowest BCUT2D eigenvalue weighted by Crippen LogP contribution is -2.27. The van der Waals surface area contributed by atoms with Crippen LogP contribution in [0.2, 0.25) is 0 Å². The van der Waals surface area contributed by atoms with E-state index in [4.69, 9.17) is 24.3 Å². The molecule has 0 spiro atoms. The van der Waals surface area contributed by atoms with Gasteiger partial charge in [-0.1, -0.05) is 171 Å². The average Bonchev–Trinajstić information content (AvgIpc) is 3.16. The molecule has 0 aromatic rings. The van der Waals surface area contributed by atoms with Crippen LogP contribution in [0.25, 0.3) is 0 Å². The van der Waals surface area contributed by atoms with Crippen LogP contribution >= 0.6 is 7.82 Å². The van der Waals surface area contributed by atoms with E-state index in [1.54, 1.807) is 6.26 Å². The summed E-state index contributed by atoms with van der Waals surface area (Å²) in [5, 5.41) is 0. The quantitative estimate of drug-likeness (QED) is 0.0208. The highest BCUT2D eigenvalue weighted by Gasteiger charge is 2.25. The van der Waals surface area contributed by atoms with E-state index in [1.807, 2.05) is 18.2 Å². The molecule has 54 heavy (non-hydrogen) atoms. The lowest BCUT2D eigenvalue weighted by atomic mass is 10.0. The average molecular weight is 778 g/mol. The van der Waals surface area contributed by atoms with Gasteiger partial charge in [-0.3, -0.25) is 13.8 Å². The highest BCUT2D eigenvalue weighted by Crippen LogP contribution is 2.43. The number of unbranched alkanes of at least 4 members (excludes halogenated alkanes) is 17. The Balaban J connectivity index is 4.23. The SMILES string of the molecule is CCCCCC=CCC=CCC=CCC=CCC=CCCC(=O)O[C@H](COC=CCCCCCCCCCCCCCCCC)COP(=O)(O)OCCN. The highest BCUT2D eigenvalue weighted by molar-refractivity contribution is 7.47. The van der Waals surface area contributed by atoms with Crippen LogP contribution in [-0.4, -0.2) is 43.3 Å². The van der Waals surface area contributed by atoms with E-state index in [2.05, 4.69) is 62.5 Å². The minimum absolute atomic E-state index is 0.000224. The van der Waals surface area contributed by atoms with Crippen LogP contribution in [0, 0.1) is 0 Å². The summed E-state index contributed by atoms with van der Waals surface area (Å²) in [4.78, 5) is 22.4. The molecule has 0 aromatic carbocycles. The summed E-state index contributed by atoms with van der Waals surface area (Å²) in [6.07, 6.45) is 53.1. The van der Waals surface area contributed by atoms with Crippen molar-refractivity contribution in [2.45, 2.75) is 180 Å². The van der Waals surface area contributed by atoms with Crippen LogP contribution in [0.4, 0.5) is 0 Å². The van der Waals surface area contributed by atoms with E-state index in [-0.39, 0.29) is 32.8 Å². The van der Waals surface area contributed by atoms with Gasteiger partial charge in [0, 0.05) is 13.0 Å². The Hall–Kier alpha value is -2.22. The summed E-state index contributed by atoms with van der Waals surface area (Å²) < 4.78 is 33.1. The first kappa shape index (κ1) is 51.8. The van der Waals surface area contributed by atoms with Crippen LogP contribution < -0.4 is 5.73 Å². The van der Waals surface area contributed by atoms with Gasteiger partial charge in [0.15, 0.2) is 6.10 Å². The summed E-state index contributed by atoms with van der Waals surface area (Å²) in [5.74, 6) is -0.434. The van der Waals surface area contributed by atoms with E-state index in [9.17, 15) is 14.3 Å². The first-order valence-corrected chi connectivity index (χ1v) is 23.0. The lowest BCUT2D eigenvalue weighted by molar-refractivity contribution is -0.153. The third kappa shape index (κ3) is 41.0. The Morgan fingerprint density at radius 3 is 1.52 bits per heavy atom. The molecule has 0 aliphatic carbocycles. The first-order chi connectivity index (χ1) is 26.4. The van der Waals surface area contributed by atoms with Crippen LogP contribution in [0.1, 0.15) is 174 Å². The number of carbonyl (C=O) groups is 1. The fourth-order valence-electron chi connectivity index (χ4n) is 5.53. The van der Waals surface area contributed by atoms with Gasteiger partial charge in [0.25, 0.3) is 0 Å². The molecular formula is C45H80NO7P. The molecule has 0 radical (unpaired) electrons. The molecule has 0 bridgehead atoms. The smallest absolute Gasteiger partial charge is 0.472 e. The van der Waals surface area contributed by atoms with Gasteiger partial charge in [-0.25, -0.2) is 4.57 Å². The van der Waals surface area contributed by atoms with E-state index in [0.29, 0.717) is 6.42 Å². The fourth-order valence-corrected chi connectivity index (χ4v) is 6.30. The molecule has 0 aliphatic heterocycles. The second kappa shape index (κ2) is 41.9. The number of phosphoric acid groups is 1. The van der Waals surface area contributed by atoms with Gasteiger partial charge in [0.2, 0.25) is 0 Å². The molecule has 0 saturated carbocycles. The number of phosphoric ester groups is 1. The number of esters is 1. The van der Waals surface area contributed by atoms with Crippen LogP contribution in [0.3, 0.4) is 0 Å². The molecule has 9 heteroatoms. The second-order valence-corrected chi connectivity index (χ2v) is 15.4. The largest absolute Gasteiger partial charge is 0.498 e. The predicted molar refractivity (Wildman–Crippen MR) is 228 cm³/mol. The van der Waals surface area contributed by atoms with E-state index in [1.165, 1.54) is 109 Å². The number of allylic oxidation sites excluding steroid dienone is 11. The molecule has 312 valence electrons. The van der Waals surface area contributed by atoms with Crippen LogP contribution in [-0.2, 0) is 27.9 Å². The Morgan fingerprint density at radius 1 is 0.574 bits per heavy atom. The van der Waals surface area contributed by atoms with Crippen molar-refractivity contribution in [2.24, 2.45) is 5.73 Å². The Bertz CT molecular complexity index is 1050. The summed E-state index contributed by atoms with van der Waals surface area (Å²) >= 11 is 0. The second-order valence-electron chi connectivity index (χ2n) is 13.9. The van der Waals surface area contributed by atoms with E-state index in [0.717, 1.165) is 38.5 Å². The van der Waals surface area contributed by atoms with Gasteiger partial charge < -0.3 is 20.1 Å². The molecule has 1 unspecified atom stereocenters. The minimum Gasteiger partial charge on any atom is -0.498 e. The molecular weight excluding hydrogens is 697 g/mol. The molecule has 0 heterocycles. The molecule has 0 amide bonds. The van der Waals surface area contributed by atoms with Gasteiger partial charge in [0.05, 0.1) is 19.5 Å². The van der Waals surface area contributed by atoms with Crippen molar-refractivity contribution in [3.05, 3.63) is 73.1 Å². The summed E-state index contributed by atoms with van der Waals surface area (Å²) in [6, 6.07) is 0.